The Morgan fingerprint density at radius 3 is 2.48 bits per heavy atom. The Balaban J connectivity index is 1.70. The van der Waals surface area contributed by atoms with Gasteiger partial charge >= 0.3 is 0 Å². The highest BCUT2D eigenvalue weighted by Crippen LogP contribution is 2.30. The number of benzene rings is 2. The highest BCUT2D eigenvalue weighted by atomic mass is 16.6. The molecule has 1 aliphatic rings. The van der Waals surface area contributed by atoms with E-state index in [-0.39, 0.29) is 10.6 Å². The van der Waals surface area contributed by atoms with Gasteiger partial charge in [-0.2, -0.15) is 0 Å². The molecular formula is C21H29N4O4+. The third-order valence-corrected chi connectivity index (χ3v) is 5.34. The van der Waals surface area contributed by atoms with E-state index in [0.717, 1.165) is 37.4 Å². The number of ether oxygens (including phenoxy) is 2. The number of piperazine rings is 1. The van der Waals surface area contributed by atoms with Crippen LogP contribution in [0.2, 0.25) is 0 Å². The first-order valence-corrected chi connectivity index (χ1v) is 9.81. The lowest BCUT2D eigenvalue weighted by molar-refractivity contribution is -0.880. The largest absolute Gasteiger partial charge is 0.493 e. The molecule has 0 saturated carbocycles. The van der Waals surface area contributed by atoms with Crippen LogP contribution < -0.4 is 24.6 Å². The van der Waals surface area contributed by atoms with E-state index in [1.54, 1.807) is 20.3 Å². The van der Waals surface area contributed by atoms with Gasteiger partial charge in [0.25, 0.3) is 5.69 Å². The van der Waals surface area contributed by atoms with Crippen LogP contribution in [0.25, 0.3) is 0 Å². The van der Waals surface area contributed by atoms with Gasteiger partial charge in [0, 0.05) is 18.3 Å². The molecule has 0 unspecified atom stereocenters. The minimum absolute atomic E-state index is 0.0980. The monoisotopic (exact) mass is 401 g/mol. The number of anilines is 2. The maximum absolute atomic E-state index is 11.5. The van der Waals surface area contributed by atoms with Crippen LogP contribution in [0.3, 0.4) is 0 Å². The molecule has 8 nitrogen and oxygen atoms in total. The van der Waals surface area contributed by atoms with Gasteiger partial charge in [0.15, 0.2) is 11.5 Å². The van der Waals surface area contributed by atoms with Gasteiger partial charge in [-0.1, -0.05) is 6.07 Å². The number of nitro groups is 1. The molecule has 0 aromatic heterocycles. The fourth-order valence-electron chi connectivity index (χ4n) is 3.55. The zero-order valence-corrected chi connectivity index (χ0v) is 17.2. The van der Waals surface area contributed by atoms with Crippen molar-refractivity contribution in [2.24, 2.45) is 0 Å². The van der Waals surface area contributed by atoms with Gasteiger partial charge in [-0.25, -0.2) is 0 Å². The van der Waals surface area contributed by atoms with Crippen LogP contribution in [0.5, 0.6) is 11.5 Å². The van der Waals surface area contributed by atoms with Gasteiger partial charge in [0.2, 0.25) is 0 Å². The van der Waals surface area contributed by atoms with Gasteiger partial charge in [-0.05, 0) is 36.2 Å². The minimum Gasteiger partial charge on any atom is -0.493 e. The van der Waals surface area contributed by atoms with Gasteiger partial charge in [-0.15, -0.1) is 0 Å². The smallest absolute Gasteiger partial charge is 0.292 e. The van der Waals surface area contributed by atoms with Crippen molar-refractivity contribution in [3.05, 3.63) is 52.1 Å². The van der Waals surface area contributed by atoms with Crippen LogP contribution in [0.1, 0.15) is 5.56 Å². The van der Waals surface area contributed by atoms with Crippen LogP contribution in [0.15, 0.2) is 36.4 Å². The summed E-state index contributed by atoms with van der Waals surface area (Å²) in [5.41, 5.74) is 2.74. The molecule has 0 radical (unpaired) electrons. The van der Waals surface area contributed by atoms with Crippen molar-refractivity contribution in [1.82, 2.24) is 0 Å². The van der Waals surface area contributed by atoms with Crippen molar-refractivity contribution in [1.29, 1.82) is 0 Å². The zero-order valence-electron chi connectivity index (χ0n) is 17.2. The van der Waals surface area contributed by atoms with Gasteiger partial charge in [0.1, 0.15) is 5.69 Å². The number of hydrogen-bond acceptors (Lipinski definition) is 6. The van der Waals surface area contributed by atoms with E-state index in [4.69, 9.17) is 9.47 Å². The quantitative estimate of drug-likeness (QED) is 0.517. The van der Waals surface area contributed by atoms with E-state index in [1.165, 1.54) is 4.90 Å². The highest BCUT2D eigenvalue weighted by Gasteiger charge is 2.20. The molecule has 2 aromatic carbocycles. The van der Waals surface area contributed by atoms with Crippen molar-refractivity contribution in [3.63, 3.8) is 0 Å². The molecular weight excluding hydrogens is 372 g/mol. The van der Waals surface area contributed by atoms with Gasteiger partial charge in [-0.3, -0.25) is 10.1 Å². The van der Waals surface area contributed by atoms with Crippen molar-refractivity contribution in [2.75, 3.05) is 64.2 Å². The molecule has 2 aromatic rings. The average Bonchev–Trinajstić information content (AvgIpc) is 2.74. The molecule has 8 heteroatoms. The first kappa shape index (κ1) is 20.7. The standard InChI is InChI=1S/C21H28N4O4/c1-23-10-12-24(13-11-23)17-5-6-19(25(26)27)18(15-17)22-9-8-16-4-7-20(28-2)21(14-16)29-3/h4-7,14-15,22H,8-13H2,1-3H3/p+1. The topological polar surface area (TPSA) is 81.3 Å². The van der Waals surface area contributed by atoms with E-state index in [2.05, 4.69) is 17.3 Å². The molecule has 0 aliphatic carbocycles. The summed E-state index contributed by atoms with van der Waals surface area (Å²) in [7, 11) is 5.40. The van der Waals surface area contributed by atoms with E-state index in [1.807, 2.05) is 30.3 Å². The van der Waals surface area contributed by atoms with E-state index < -0.39 is 0 Å². The molecule has 0 atom stereocenters. The van der Waals surface area contributed by atoms with Crippen molar-refractivity contribution >= 4 is 17.1 Å². The molecule has 29 heavy (non-hydrogen) atoms. The predicted molar refractivity (Wildman–Crippen MR) is 114 cm³/mol. The molecule has 0 spiro atoms. The second kappa shape index (κ2) is 9.47. The molecule has 0 bridgehead atoms. The number of rotatable bonds is 8. The van der Waals surface area contributed by atoms with Crippen LogP contribution in [-0.4, -0.2) is 58.9 Å². The highest BCUT2D eigenvalue weighted by molar-refractivity contribution is 5.69. The third-order valence-electron chi connectivity index (χ3n) is 5.34. The average molecular weight is 401 g/mol. The Morgan fingerprint density at radius 2 is 1.83 bits per heavy atom. The SMILES string of the molecule is COc1ccc(CCNc2cc(N3CC[NH+](C)CC3)ccc2[N+](=O)[O-])cc1OC. The fourth-order valence-corrected chi connectivity index (χ4v) is 3.55. The normalized spacial score (nSPS) is 14.5. The Morgan fingerprint density at radius 1 is 1.10 bits per heavy atom. The molecule has 1 saturated heterocycles. The van der Waals surface area contributed by atoms with Crippen LogP contribution in [0, 0.1) is 10.1 Å². The summed E-state index contributed by atoms with van der Waals surface area (Å²) in [4.78, 5) is 14.9. The summed E-state index contributed by atoms with van der Waals surface area (Å²) in [5.74, 6) is 1.36. The van der Waals surface area contributed by atoms with E-state index >= 15 is 0 Å². The first-order chi connectivity index (χ1) is 14.0. The summed E-state index contributed by atoms with van der Waals surface area (Å²) in [5, 5.41) is 14.7. The number of nitro benzene ring substituents is 1. The lowest BCUT2D eigenvalue weighted by atomic mass is 10.1. The Bertz CT molecular complexity index is 851. The maximum Gasteiger partial charge on any atom is 0.292 e. The van der Waals surface area contributed by atoms with E-state index in [0.29, 0.717) is 30.2 Å². The van der Waals surface area contributed by atoms with Crippen molar-refractivity contribution < 1.29 is 19.3 Å². The molecule has 1 aliphatic heterocycles. The maximum atomic E-state index is 11.5. The number of quaternary nitrogens is 1. The molecule has 1 fully saturated rings. The number of hydrogen-bond donors (Lipinski definition) is 2. The zero-order chi connectivity index (χ0) is 20.8. The number of nitrogens with zero attached hydrogens (tertiary/aromatic N) is 2. The Kier molecular flexibility index (Phi) is 6.77. The Labute approximate surface area is 171 Å². The summed E-state index contributed by atoms with van der Waals surface area (Å²) in [6.07, 6.45) is 0.708. The van der Waals surface area contributed by atoms with Crippen LogP contribution in [0.4, 0.5) is 17.1 Å². The second-order valence-corrected chi connectivity index (χ2v) is 7.27. The molecule has 156 valence electrons. The van der Waals surface area contributed by atoms with Crippen LogP contribution in [-0.2, 0) is 6.42 Å². The first-order valence-electron chi connectivity index (χ1n) is 9.81. The summed E-state index contributed by atoms with van der Waals surface area (Å²) in [6.45, 7) is 4.62. The lowest BCUT2D eigenvalue weighted by Gasteiger charge is -2.32. The van der Waals surface area contributed by atoms with Gasteiger partial charge in [0.05, 0.1) is 52.4 Å². The fraction of sp³-hybridized carbons (Fsp3) is 0.429. The molecule has 1 heterocycles. The number of nitrogens with one attached hydrogen (secondary N) is 2. The summed E-state index contributed by atoms with van der Waals surface area (Å²) in [6, 6.07) is 11.1. The lowest BCUT2D eigenvalue weighted by Crippen LogP contribution is -3.12. The third kappa shape index (κ3) is 5.08. The Hall–Kier alpha value is -3.00. The van der Waals surface area contributed by atoms with E-state index in [9.17, 15) is 10.1 Å². The minimum atomic E-state index is -0.337. The molecule has 3 rings (SSSR count). The van der Waals surface area contributed by atoms with Crippen LogP contribution >= 0.6 is 0 Å². The molecule has 0 amide bonds. The number of methoxy groups -OCH3 is 2. The summed E-state index contributed by atoms with van der Waals surface area (Å²) >= 11 is 0. The predicted octanol–water partition coefficient (Wildman–Crippen LogP) is 1.60. The van der Waals surface area contributed by atoms with Crippen molar-refractivity contribution in [3.8, 4) is 11.5 Å². The van der Waals surface area contributed by atoms with Gasteiger partial charge < -0.3 is 24.6 Å². The molecule has 2 N–H and O–H groups in total. The van der Waals surface area contributed by atoms with Crippen molar-refractivity contribution in [2.45, 2.75) is 6.42 Å². The number of likely N-dealkylation sites (N-methyl/N-ethyl adjacent to an activating group) is 1. The summed E-state index contributed by atoms with van der Waals surface area (Å²) < 4.78 is 10.6. The second-order valence-electron chi connectivity index (χ2n) is 7.27.